The summed E-state index contributed by atoms with van der Waals surface area (Å²) < 4.78 is 2.45. The van der Waals surface area contributed by atoms with Crippen LogP contribution in [0, 0.1) is 20.8 Å². The molecule has 0 amide bonds. The molecule has 1 aliphatic carbocycles. The average Bonchev–Trinajstić information content (AvgIpc) is 2.87. The Labute approximate surface area is 201 Å². The van der Waals surface area contributed by atoms with Crippen molar-refractivity contribution in [3.8, 4) is 0 Å². The van der Waals surface area contributed by atoms with Gasteiger partial charge in [-0.05, 0) is 0 Å². The fraction of sp³-hybridized carbons (Fsp3) is 0.360. The van der Waals surface area contributed by atoms with Crippen molar-refractivity contribution in [3.05, 3.63) is 80.9 Å². The third kappa shape index (κ3) is 5.02. The minimum absolute atomic E-state index is 0. The molecule has 29 heavy (non-hydrogen) atoms. The molecule has 0 aromatic heterocycles. The second-order valence-electron chi connectivity index (χ2n) is 8.07. The predicted octanol–water partition coefficient (Wildman–Crippen LogP) is 1.16. The monoisotopic (exact) mass is 462 g/mol. The molecule has 0 heterocycles. The molecule has 0 saturated heterocycles. The van der Waals surface area contributed by atoms with Gasteiger partial charge in [0.1, 0.15) is 0 Å². The Morgan fingerprint density at radius 1 is 0.862 bits per heavy atom. The first-order chi connectivity index (χ1) is 12.7. The van der Waals surface area contributed by atoms with E-state index in [2.05, 4.69) is 109 Å². The van der Waals surface area contributed by atoms with E-state index in [0.29, 0.717) is 6.04 Å². The molecular weight excluding hydrogens is 433 g/mol. The van der Waals surface area contributed by atoms with Crippen LogP contribution in [0.1, 0.15) is 68.0 Å². The molecule has 3 rings (SSSR count). The quantitative estimate of drug-likeness (QED) is 0.616. The zero-order valence-electron chi connectivity index (χ0n) is 18.5. The molecule has 1 atom stereocenters. The normalized spacial score (nSPS) is 14.5. The van der Waals surface area contributed by atoms with Crippen LogP contribution < -0.4 is 28.2 Å². The summed E-state index contributed by atoms with van der Waals surface area (Å²) in [5, 5.41) is 0. The molecule has 0 N–H and O–H groups in total. The van der Waals surface area contributed by atoms with Gasteiger partial charge in [0, 0.05) is 0 Å². The first kappa shape index (κ1) is 26.0. The van der Waals surface area contributed by atoms with Crippen molar-refractivity contribution in [3.63, 3.8) is 0 Å². The molecule has 2 aromatic carbocycles. The number of aryl methyl sites for hydroxylation is 3. The van der Waals surface area contributed by atoms with E-state index in [0.717, 1.165) is 6.42 Å². The van der Waals surface area contributed by atoms with Gasteiger partial charge in [0.2, 0.25) is 0 Å². The van der Waals surface area contributed by atoms with Gasteiger partial charge >= 0.3 is 177 Å². The Morgan fingerprint density at radius 2 is 1.41 bits per heavy atom. The van der Waals surface area contributed by atoms with E-state index in [1.807, 2.05) is 0 Å². The molecule has 0 fully saturated rings. The van der Waals surface area contributed by atoms with Gasteiger partial charge in [-0.3, -0.25) is 0 Å². The minimum atomic E-state index is 0. The van der Waals surface area contributed by atoms with Crippen LogP contribution in [0.2, 0.25) is 0 Å². The van der Waals surface area contributed by atoms with E-state index in [-0.39, 0.29) is 24.8 Å². The minimum Gasteiger partial charge on any atom is -1.00 e. The summed E-state index contributed by atoms with van der Waals surface area (Å²) in [4.78, 5) is 0. The van der Waals surface area contributed by atoms with Gasteiger partial charge < -0.3 is 24.8 Å². The third-order valence-electron chi connectivity index (χ3n) is 6.10. The van der Waals surface area contributed by atoms with Crippen LogP contribution in [0.5, 0.6) is 0 Å². The Morgan fingerprint density at radius 3 is 1.93 bits per heavy atom. The molecule has 153 valence electrons. The van der Waals surface area contributed by atoms with E-state index in [1.54, 1.807) is 0 Å². The van der Waals surface area contributed by atoms with Gasteiger partial charge in [-0.1, -0.05) is 0 Å². The summed E-state index contributed by atoms with van der Waals surface area (Å²) in [6.45, 7) is 15.8. The maximum atomic E-state index is 2.45. The standard InChI is InChI=1S/C25H30N.2ClH.Ti/c1-15-12-17(3)25(18(4)13-15)26-21(7)22-10-8-9-11-23(22)24-14-16(2)19(5)20(24)6;;;/h8-13,21H,14H2,1-7H3;2*1H;/q-1;;;+3/p-2. The zero-order chi connectivity index (χ0) is 19.9. The second-order valence-corrected chi connectivity index (χ2v) is 8.82. The van der Waals surface area contributed by atoms with Crippen LogP contribution >= 0.6 is 0 Å². The molecule has 0 aliphatic heterocycles. The molecule has 1 unspecified atom stereocenters. The van der Waals surface area contributed by atoms with E-state index < -0.39 is 0 Å². The predicted molar refractivity (Wildman–Crippen MR) is 114 cm³/mol. The number of rotatable bonds is 4. The van der Waals surface area contributed by atoms with Crippen molar-refractivity contribution in [2.24, 2.45) is 0 Å². The third-order valence-corrected chi connectivity index (χ3v) is 7.05. The van der Waals surface area contributed by atoms with Crippen LogP contribution in [0.25, 0.3) is 5.57 Å². The summed E-state index contributed by atoms with van der Waals surface area (Å²) in [6.07, 6.45) is 1.08. The number of allylic oxidation sites excluding steroid dienone is 4. The first-order valence-corrected chi connectivity index (χ1v) is 10.5. The summed E-state index contributed by atoms with van der Waals surface area (Å²) in [5.41, 5.74) is 14.1. The molecule has 0 bridgehead atoms. The number of benzene rings is 2. The van der Waals surface area contributed by atoms with Crippen LogP contribution in [-0.2, 0) is 20.7 Å². The molecular formula is C25H30Cl2NTi. The van der Waals surface area contributed by atoms with E-state index in [1.165, 1.54) is 55.8 Å². The number of halogens is 2. The van der Waals surface area contributed by atoms with Crippen molar-refractivity contribution < 1.29 is 45.5 Å². The summed E-state index contributed by atoms with van der Waals surface area (Å²) in [7, 11) is 0. The molecule has 1 nitrogen and oxygen atoms in total. The smallest absolute Gasteiger partial charge is 1.00 e. The SMILES string of the molecule is CC1=C(C)C(C)=C(c2ccccc2C(C)[N]([Ti+2])c2c(C)cc(C)cc2C)C1.[Cl-].[Cl-]. The number of hydrogen-bond donors (Lipinski definition) is 0. The average molecular weight is 463 g/mol. The van der Waals surface area contributed by atoms with Gasteiger partial charge in [-0.25, -0.2) is 0 Å². The molecule has 4 heteroatoms. The number of anilines is 1. The first-order valence-electron chi connectivity index (χ1n) is 9.76. The summed E-state index contributed by atoms with van der Waals surface area (Å²) in [6, 6.07) is 13.9. The number of nitrogens with zero attached hydrogens (tertiary/aromatic N) is 1. The van der Waals surface area contributed by atoms with Crippen LogP contribution in [0.15, 0.2) is 53.1 Å². The van der Waals surface area contributed by atoms with E-state index in [4.69, 9.17) is 0 Å². The van der Waals surface area contributed by atoms with Crippen molar-refractivity contribution in [2.75, 3.05) is 3.38 Å². The van der Waals surface area contributed by atoms with Crippen molar-refractivity contribution >= 4 is 11.3 Å². The number of hydrogen-bond acceptors (Lipinski definition) is 1. The molecule has 1 aliphatic rings. The van der Waals surface area contributed by atoms with Gasteiger partial charge in [0.15, 0.2) is 0 Å². The fourth-order valence-electron chi connectivity index (χ4n) is 4.40. The zero-order valence-corrected chi connectivity index (χ0v) is 21.5. The van der Waals surface area contributed by atoms with Crippen LogP contribution in [0.4, 0.5) is 5.69 Å². The maximum Gasteiger partial charge on any atom is -1.00 e. The fourth-order valence-corrected chi connectivity index (χ4v) is 5.16. The van der Waals surface area contributed by atoms with Gasteiger partial charge in [0.25, 0.3) is 0 Å². The Bertz CT molecular complexity index is 936. The van der Waals surface area contributed by atoms with Crippen molar-refractivity contribution in [1.29, 1.82) is 0 Å². The van der Waals surface area contributed by atoms with Crippen LogP contribution in [-0.4, -0.2) is 0 Å². The summed E-state index contributed by atoms with van der Waals surface area (Å²) in [5.74, 6) is 0. The van der Waals surface area contributed by atoms with Crippen molar-refractivity contribution in [2.45, 2.75) is 60.9 Å². The Hall–Kier alpha value is -0.986. The second kappa shape index (κ2) is 10.4. The molecule has 0 radical (unpaired) electrons. The topological polar surface area (TPSA) is 3.24 Å². The van der Waals surface area contributed by atoms with Gasteiger partial charge in [0.05, 0.1) is 0 Å². The van der Waals surface area contributed by atoms with Gasteiger partial charge in [-0.15, -0.1) is 0 Å². The molecule has 0 saturated carbocycles. The molecule has 0 spiro atoms. The van der Waals surface area contributed by atoms with Crippen LogP contribution in [0.3, 0.4) is 0 Å². The largest absolute Gasteiger partial charge is 1.00 e. The Balaban J connectivity index is 0.00000210. The van der Waals surface area contributed by atoms with E-state index in [9.17, 15) is 0 Å². The van der Waals surface area contributed by atoms with E-state index >= 15 is 0 Å². The Kier molecular flexibility index (Phi) is 9.30. The molecule has 2 aromatic rings. The van der Waals surface area contributed by atoms with Gasteiger partial charge in [-0.2, -0.15) is 0 Å². The summed E-state index contributed by atoms with van der Waals surface area (Å²) >= 11 is 2.23. The maximum absolute atomic E-state index is 2.45. The van der Waals surface area contributed by atoms with Crippen molar-refractivity contribution in [1.82, 2.24) is 0 Å².